The van der Waals surface area contributed by atoms with E-state index in [2.05, 4.69) is 4.99 Å². The Hall–Kier alpha value is -4.04. The molecule has 0 saturated carbocycles. The summed E-state index contributed by atoms with van der Waals surface area (Å²) in [5.41, 5.74) is 2.05. The Morgan fingerprint density at radius 2 is 1.85 bits per heavy atom. The molecule has 4 aromatic rings. The van der Waals surface area contributed by atoms with Crippen LogP contribution in [0.5, 0.6) is 0 Å². The van der Waals surface area contributed by atoms with E-state index in [-0.39, 0.29) is 11.4 Å². The molecular weight excluding hydrogens is 455 g/mol. The van der Waals surface area contributed by atoms with Crippen LogP contribution in [0.15, 0.2) is 92.2 Å². The van der Waals surface area contributed by atoms with Gasteiger partial charge in [0.1, 0.15) is 17.3 Å². The highest BCUT2D eigenvalue weighted by Gasteiger charge is 2.32. The van der Waals surface area contributed by atoms with Gasteiger partial charge in [0.25, 0.3) is 5.56 Å². The van der Waals surface area contributed by atoms with Gasteiger partial charge in [-0.25, -0.2) is 14.2 Å². The van der Waals surface area contributed by atoms with Gasteiger partial charge in [0, 0.05) is 11.6 Å². The number of aromatic nitrogens is 1. The van der Waals surface area contributed by atoms with Crippen LogP contribution < -0.4 is 14.9 Å². The SMILES string of the molecule is COC(=O)C1=C(C)N=c2s/c(=C/c3ccc(-c4ccc(F)cc4)o3)c(=O)n2C1c1ccccc1. The summed E-state index contributed by atoms with van der Waals surface area (Å²) in [6.07, 6.45) is 1.65. The zero-order chi connectivity index (χ0) is 23.8. The summed E-state index contributed by atoms with van der Waals surface area (Å²) >= 11 is 1.22. The molecule has 0 N–H and O–H groups in total. The van der Waals surface area contributed by atoms with Crippen LogP contribution in [0.3, 0.4) is 0 Å². The lowest BCUT2D eigenvalue weighted by atomic mass is 9.96. The van der Waals surface area contributed by atoms with Gasteiger partial charge in [-0.2, -0.15) is 0 Å². The van der Waals surface area contributed by atoms with Crippen molar-refractivity contribution in [3.63, 3.8) is 0 Å². The second kappa shape index (κ2) is 8.72. The molecule has 1 aliphatic rings. The lowest BCUT2D eigenvalue weighted by molar-refractivity contribution is -0.136. The van der Waals surface area contributed by atoms with E-state index in [1.165, 1.54) is 35.1 Å². The van der Waals surface area contributed by atoms with Crippen LogP contribution >= 0.6 is 11.3 Å². The number of methoxy groups -OCH3 is 1. The average Bonchev–Trinajstić information content (AvgIpc) is 3.43. The molecule has 0 bridgehead atoms. The quantitative estimate of drug-likeness (QED) is 0.422. The van der Waals surface area contributed by atoms with Crippen molar-refractivity contribution in [1.82, 2.24) is 4.57 Å². The molecule has 0 amide bonds. The molecule has 0 spiro atoms. The summed E-state index contributed by atoms with van der Waals surface area (Å²) in [6.45, 7) is 1.74. The molecule has 1 atom stereocenters. The highest BCUT2D eigenvalue weighted by atomic mass is 32.1. The fraction of sp³-hybridized carbons (Fsp3) is 0.115. The van der Waals surface area contributed by atoms with Crippen molar-refractivity contribution < 1.29 is 18.3 Å². The maximum atomic E-state index is 13.5. The number of hydrogen-bond acceptors (Lipinski definition) is 6. The van der Waals surface area contributed by atoms with Gasteiger partial charge in [-0.15, -0.1) is 0 Å². The molecule has 2 aromatic carbocycles. The summed E-state index contributed by atoms with van der Waals surface area (Å²) in [5.74, 6) is 0.181. The van der Waals surface area contributed by atoms with Gasteiger partial charge in [-0.1, -0.05) is 41.7 Å². The number of furan rings is 1. The summed E-state index contributed by atoms with van der Waals surface area (Å²) in [5, 5.41) is 0. The monoisotopic (exact) mass is 474 g/mol. The Morgan fingerprint density at radius 3 is 2.56 bits per heavy atom. The highest BCUT2D eigenvalue weighted by molar-refractivity contribution is 7.07. The second-order valence-corrected chi connectivity index (χ2v) is 8.70. The van der Waals surface area contributed by atoms with Crippen LogP contribution in [0.1, 0.15) is 24.3 Å². The number of ether oxygens (including phenoxy) is 1. The van der Waals surface area contributed by atoms with Crippen LogP contribution in [0.4, 0.5) is 4.39 Å². The third-order valence-electron chi connectivity index (χ3n) is 5.57. The fourth-order valence-electron chi connectivity index (χ4n) is 3.97. The molecule has 2 aromatic heterocycles. The minimum absolute atomic E-state index is 0.286. The van der Waals surface area contributed by atoms with Crippen LogP contribution in [0.25, 0.3) is 17.4 Å². The predicted octanol–water partition coefficient (Wildman–Crippen LogP) is 3.81. The van der Waals surface area contributed by atoms with Gasteiger partial charge in [-0.3, -0.25) is 9.36 Å². The molecule has 1 unspecified atom stereocenters. The third kappa shape index (κ3) is 3.82. The number of fused-ring (bicyclic) bond motifs is 1. The maximum absolute atomic E-state index is 13.5. The van der Waals surface area contributed by atoms with E-state index in [1.54, 1.807) is 37.3 Å². The number of thiazole rings is 1. The van der Waals surface area contributed by atoms with Crippen molar-refractivity contribution in [2.24, 2.45) is 4.99 Å². The van der Waals surface area contributed by atoms with Crippen LogP contribution in [0.2, 0.25) is 0 Å². The van der Waals surface area contributed by atoms with Crippen LogP contribution in [-0.4, -0.2) is 17.6 Å². The summed E-state index contributed by atoms with van der Waals surface area (Å²) < 4.78 is 26.0. The molecule has 0 radical (unpaired) electrons. The molecule has 0 aliphatic carbocycles. The van der Waals surface area contributed by atoms with E-state index in [9.17, 15) is 14.0 Å². The molecule has 3 heterocycles. The van der Waals surface area contributed by atoms with E-state index in [1.807, 2.05) is 30.3 Å². The number of nitrogens with zero attached hydrogens (tertiary/aromatic N) is 2. The highest BCUT2D eigenvalue weighted by Crippen LogP contribution is 2.30. The fourth-order valence-corrected chi connectivity index (χ4v) is 5.00. The molecule has 1 aliphatic heterocycles. The van der Waals surface area contributed by atoms with E-state index in [0.29, 0.717) is 32.1 Å². The topological polar surface area (TPSA) is 73.8 Å². The minimum atomic E-state index is -0.654. The third-order valence-corrected chi connectivity index (χ3v) is 6.55. The standard InChI is InChI=1S/C26H19FN2O4S/c1-15-22(25(31)32-2)23(17-6-4-3-5-7-17)29-24(30)21(34-26(29)28-15)14-19-12-13-20(33-19)16-8-10-18(27)11-9-16/h3-14,23H,1-2H3/b21-14+. The van der Waals surface area contributed by atoms with Crippen molar-refractivity contribution in [1.29, 1.82) is 0 Å². The second-order valence-electron chi connectivity index (χ2n) is 7.69. The first-order valence-corrected chi connectivity index (χ1v) is 11.3. The first-order valence-electron chi connectivity index (χ1n) is 10.5. The van der Waals surface area contributed by atoms with Gasteiger partial charge < -0.3 is 9.15 Å². The first-order chi connectivity index (χ1) is 16.5. The smallest absolute Gasteiger partial charge is 0.338 e. The van der Waals surface area contributed by atoms with Crippen molar-refractivity contribution in [2.75, 3.05) is 7.11 Å². The van der Waals surface area contributed by atoms with Crippen molar-refractivity contribution in [2.45, 2.75) is 13.0 Å². The zero-order valence-electron chi connectivity index (χ0n) is 18.3. The van der Waals surface area contributed by atoms with Gasteiger partial charge in [-0.05, 0) is 48.9 Å². The Balaban J connectivity index is 1.63. The first kappa shape index (κ1) is 21.8. The number of carbonyl (C=O) groups excluding carboxylic acids is 1. The number of allylic oxidation sites excluding steroid dienone is 1. The molecule has 170 valence electrons. The van der Waals surface area contributed by atoms with Gasteiger partial charge in [0.15, 0.2) is 4.80 Å². The molecule has 0 fully saturated rings. The lowest BCUT2D eigenvalue weighted by Gasteiger charge is -2.24. The van der Waals surface area contributed by atoms with Crippen LogP contribution in [-0.2, 0) is 9.53 Å². The van der Waals surface area contributed by atoms with Gasteiger partial charge in [0.2, 0.25) is 0 Å². The van der Waals surface area contributed by atoms with E-state index >= 15 is 0 Å². The number of halogens is 1. The average molecular weight is 475 g/mol. The molecule has 6 nitrogen and oxygen atoms in total. The summed E-state index contributed by atoms with van der Waals surface area (Å²) in [6, 6.07) is 18.2. The number of esters is 1. The molecular formula is C26H19FN2O4S. The Kier molecular flexibility index (Phi) is 5.59. The van der Waals surface area contributed by atoms with Gasteiger partial charge in [0.05, 0.1) is 29.0 Å². The van der Waals surface area contributed by atoms with E-state index < -0.39 is 12.0 Å². The molecule has 5 rings (SSSR count). The normalized spacial score (nSPS) is 15.7. The Labute approximate surface area is 197 Å². The summed E-state index contributed by atoms with van der Waals surface area (Å²) in [4.78, 5) is 31.2. The largest absolute Gasteiger partial charge is 0.466 e. The van der Waals surface area contributed by atoms with Crippen LogP contribution in [0, 0.1) is 5.82 Å². The lowest BCUT2D eigenvalue weighted by Crippen LogP contribution is -2.39. The predicted molar refractivity (Wildman–Crippen MR) is 126 cm³/mol. The molecule has 34 heavy (non-hydrogen) atoms. The van der Waals surface area contributed by atoms with E-state index in [0.717, 1.165) is 11.1 Å². The number of hydrogen-bond donors (Lipinski definition) is 0. The minimum Gasteiger partial charge on any atom is -0.466 e. The number of rotatable bonds is 4. The Bertz CT molecular complexity index is 1590. The summed E-state index contributed by atoms with van der Waals surface area (Å²) in [7, 11) is 1.31. The zero-order valence-corrected chi connectivity index (χ0v) is 19.1. The van der Waals surface area contributed by atoms with Crippen molar-refractivity contribution >= 4 is 23.4 Å². The Morgan fingerprint density at radius 1 is 1.12 bits per heavy atom. The number of benzene rings is 2. The van der Waals surface area contributed by atoms with Gasteiger partial charge >= 0.3 is 5.97 Å². The van der Waals surface area contributed by atoms with Crippen molar-refractivity contribution in [3.05, 3.63) is 115 Å². The van der Waals surface area contributed by atoms with Crippen molar-refractivity contribution in [3.8, 4) is 11.3 Å². The molecule has 8 heteroatoms. The van der Waals surface area contributed by atoms with E-state index in [4.69, 9.17) is 9.15 Å². The maximum Gasteiger partial charge on any atom is 0.338 e. The number of carbonyl (C=O) groups is 1. The molecule has 0 saturated heterocycles.